The predicted molar refractivity (Wildman–Crippen MR) is 58.8 cm³/mol. The van der Waals surface area contributed by atoms with E-state index in [4.69, 9.17) is 0 Å². The molecule has 1 nitrogen and oxygen atoms in total. The van der Waals surface area contributed by atoms with Crippen LogP contribution in [0.15, 0.2) is 23.3 Å². The summed E-state index contributed by atoms with van der Waals surface area (Å²) in [5.74, 6) is 0.817. The van der Waals surface area contributed by atoms with Crippen molar-refractivity contribution in [3.05, 3.63) is 23.3 Å². The summed E-state index contributed by atoms with van der Waals surface area (Å²) in [6.45, 7) is 8.92. The smallest absolute Gasteiger partial charge is 0.00432 e. The van der Waals surface area contributed by atoms with Gasteiger partial charge in [-0.1, -0.05) is 23.3 Å². The summed E-state index contributed by atoms with van der Waals surface area (Å²) in [5, 5.41) is 3.39. The van der Waals surface area contributed by atoms with Gasteiger partial charge in [-0.15, -0.1) is 0 Å². The van der Waals surface area contributed by atoms with Crippen LogP contribution in [0.4, 0.5) is 0 Å². The molecule has 0 unspecified atom stereocenters. The van der Waals surface area contributed by atoms with Crippen LogP contribution in [0.1, 0.15) is 33.6 Å². The number of rotatable bonds is 2. The van der Waals surface area contributed by atoms with E-state index in [-0.39, 0.29) is 0 Å². The molecule has 0 bridgehead atoms. The van der Waals surface area contributed by atoms with E-state index in [1.165, 1.54) is 31.5 Å². The maximum absolute atomic E-state index is 3.39. The van der Waals surface area contributed by atoms with Crippen LogP contribution in [0.5, 0.6) is 0 Å². The maximum Gasteiger partial charge on any atom is -0.00432 e. The maximum atomic E-state index is 3.39. The van der Waals surface area contributed by atoms with Crippen LogP contribution in [0.2, 0.25) is 0 Å². The van der Waals surface area contributed by atoms with Crippen LogP contribution >= 0.6 is 0 Å². The Hall–Kier alpha value is -0.560. The minimum Gasteiger partial charge on any atom is -0.317 e. The van der Waals surface area contributed by atoms with E-state index in [1.807, 2.05) is 0 Å². The van der Waals surface area contributed by atoms with Gasteiger partial charge in [0.1, 0.15) is 0 Å². The lowest BCUT2D eigenvalue weighted by Gasteiger charge is -2.23. The molecule has 0 atom stereocenters. The fraction of sp³-hybridized carbons (Fsp3) is 0.667. The third-order valence-electron chi connectivity index (χ3n) is 2.66. The number of allylic oxidation sites excluding steroid dienone is 4. The molecule has 1 N–H and O–H groups in total. The Kier molecular flexibility index (Phi) is 4.23. The monoisotopic (exact) mass is 179 g/mol. The highest BCUT2D eigenvalue weighted by molar-refractivity contribution is 5.16. The van der Waals surface area contributed by atoms with Crippen LogP contribution in [0, 0.1) is 5.92 Å². The molecule has 1 aliphatic rings. The second kappa shape index (κ2) is 5.23. The highest BCUT2D eigenvalue weighted by Gasteiger charge is 2.13. The molecule has 1 rings (SSSR count). The molecule has 13 heavy (non-hydrogen) atoms. The highest BCUT2D eigenvalue weighted by Crippen LogP contribution is 2.20. The lowest BCUT2D eigenvalue weighted by Crippen LogP contribution is -2.28. The van der Waals surface area contributed by atoms with E-state index in [2.05, 4.69) is 38.2 Å². The summed E-state index contributed by atoms with van der Waals surface area (Å²) in [4.78, 5) is 0. The SMILES string of the molecule is CC(C)=CC=C(C)C1CCNCC1. The number of nitrogens with one attached hydrogen (secondary N) is 1. The summed E-state index contributed by atoms with van der Waals surface area (Å²) < 4.78 is 0. The summed E-state index contributed by atoms with van der Waals surface area (Å²) in [6, 6.07) is 0. The Bertz CT molecular complexity index is 203. The fourth-order valence-corrected chi connectivity index (χ4v) is 1.71. The van der Waals surface area contributed by atoms with Gasteiger partial charge in [0.05, 0.1) is 0 Å². The molecule has 1 saturated heterocycles. The van der Waals surface area contributed by atoms with Gasteiger partial charge in [0.15, 0.2) is 0 Å². The first kappa shape index (κ1) is 10.5. The average Bonchev–Trinajstić information content (AvgIpc) is 2.15. The first-order chi connectivity index (χ1) is 6.20. The van der Waals surface area contributed by atoms with Gasteiger partial charge < -0.3 is 5.32 Å². The molecule has 0 aromatic heterocycles. The van der Waals surface area contributed by atoms with Crippen molar-refractivity contribution in [1.29, 1.82) is 0 Å². The molecule has 0 aromatic carbocycles. The standard InChI is InChI=1S/C12H21N/c1-10(2)4-5-11(3)12-6-8-13-9-7-12/h4-5,12-13H,6-9H2,1-3H3. The van der Waals surface area contributed by atoms with Gasteiger partial charge >= 0.3 is 0 Å². The summed E-state index contributed by atoms with van der Waals surface area (Å²) in [6.07, 6.45) is 7.11. The predicted octanol–water partition coefficient (Wildman–Crippen LogP) is 2.90. The molecular formula is C12H21N. The minimum atomic E-state index is 0.817. The van der Waals surface area contributed by atoms with Crippen LogP contribution in [-0.2, 0) is 0 Å². The van der Waals surface area contributed by atoms with Crippen molar-refractivity contribution in [1.82, 2.24) is 5.32 Å². The van der Waals surface area contributed by atoms with Crippen LogP contribution < -0.4 is 5.32 Å². The van der Waals surface area contributed by atoms with E-state index in [0.29, 0.717) is 0 Å². The molecule has 1 heterocycles. The Morgan fingerprint density at radius 1 is 1.08 bits per heavy atom. The van der Waals surface area contributed by atoms with Crippen molar-refractivity contribution in [3.63, 3.8) is 0 Å². The first-order valence-electron chi connectivity index (χ1n) is 5.22. The van der Waals surface area contributed by atoms with E-state index in [0.717, 1.165) is 5.92 Å². The van der Waals surface area contributed by atoms with Gasteiger partial charge in [-0.25, -0.2) is 0 Å². The zero-order valence-corrected chi connectivity index (χ0v) is 9.06. The molecule has 0 amide bonds. The van der Waals surface area contributed by atoms with Crippen LogP contribution in [0.3, 0.4) is 0 Å². The Morgan fingerprint density at radius 3 is 2.23 bits per heavy atom. The van der Waals surface area contributed by atoms with E-state index >= 15 is 0 Å². The first-order valence-corrected chi connectivity index (χ1v) is 5.22. The fourth-order valence-electron chi connectivity index (χ4n) is 1.71. The van der Waals surface area contributed by atoms with Crippen molar-refractivity contribution in [3.8, 4) is 0 Å². The number of hydrogen-bond donors (Lipinski definition) is 1. The third kappa shape index (κ3) is 3.77. The van der Waals surface area contributed by atoms with Gasteiger partial charge in [0.2, 0.25) is 0 Å². The van der Waals surface area contributed by atoms with Crippen LogP contribution in [0.25, 0.3) is 0 Å². The number of piperidine rings is 1. The Labute approximate surface area is 81.9 Å². The molecular weight excluding hydrogens is 158 g/mol. The van der Waals surface area contributed by atoms with E-state index in [9.17, 15) is 0 Å². The summed E-state index contributed by atoms with van der Waals surface area (Å²) in [5.41, 5.74) is 2.93. The summed E-state index contributed by atoms with van der Waals surface area (Å²) in [7, 11) is 0. The molecule has 74 valence electrons. The van der Waals surface area contributed by atoms with Gasteiger partial charge in [-0.3, -0.25) is 0 Å². The van der Waals surface area contributed by atoms with Crippen LogP contribution in [-0.4, -0.2) is 13.1 Å². The third-order valence-corrected chi connectivity index (χ3v) is 2.66. The van der Waals surface area contributed by atoms with Gasteiger partial charge in [0, 0.05) is 0 Å². The Balaban J connectivity index is 2.49. The van der Waals surface area contributed by atoms with Crippen molar-refractivity contribution in [2.24, 2.45) is 5.92 Å². The average molecular weight is 179 g/mol. The quantitative estimate of drug-likeness (QED) is 0.643. The molecule has 0 aromatic rings. The minimum absolute atomic E-state index is 0.817. The molecule has 0 radical (unpaired) electrons. The largest absolute Gasteiger partial charge is 0.317 e. The molecule has 0 aliphatic carbocycles. The highest BCUT2D eigenvalue weighted by atomic mass is 14.9. The normalized spacial score (nSPS) is 20.1. The van der Waals surface area contributed by atoms with Crippen molar-refractivity contribution < 1.29 is 0 Å². The molecule has 0 saturated carbocycles. The lowest BCUT2D eigenvalue weighted by molar-refractivity contribution is 0.420. The van der Waals surface area contributed by atoms with Gasteiger partial charge in [0.25, 0.3) is 0 Å². The zero-order chi connectivity index (χ0) is 9.68. The number of hydrogen-bond acceptors (Lipinski definition) is 1. The van der Waals surface area contributed by atoms with Crippen molar-refractivity contribution >= 4 is 0 Å². The lowest BCUT2D eigenvalue weighted by atomic mass is 9.90. The van der Waals surface area contributed by atoms with Gasteiger partial charge in [-0.2, -0.15) is 0 Å². The second-order valence-electron chi connectivity index (χ2n) is 4.18. The zero-order valence-electron chi connectivity index (χ0n) is 9.06. The van der Waals surface area contributed by atoms with Crippen molar-refractivity contribution in [2.45, 2.75) is 33.6 Å². The van der Waals surface area contributed by atoms with E-state index < -0.39 is 0 Å². The van der Waals surface area contributed by atoms with Gasteiger partial charge in [-0.05, 0) is 52.6 Å². The summed E-state index contributed by atoms with van der Waals surface area (Å²) >= 11 is 0. The molecule has 1 fully saturated rings. The van der Waals surface area contributed by atoms with E-state index in [1.54, 1.807) is 5.57 Å². The Morgan fingerprint density at radius 2 is 1.69 bits per heavy atom. The van der Waals surface area contributed by atoms with Crippen molar-refractivity contribution in [2.75, 3.05) is 13.1 Å². The molecule has 0 spiro atoms. The topological polar surface area (TPSA) is 12.0 Å². The second-order valence-corrected chi connectivity index (χ2v) is 4.18. The molecule has 1 aliphatic heterocycles. The molecule has 1 heteroatoms.